The number of nitrogens with zero attached hydrogens (tertiary/aromatic N) is 2. The van der Waals surface area contributed by atoms with E-state index in [0.29, 0.717) is 6.42 Å². The van der Waals surface area contributed by atoms with E-state index in [0.717, 1.165) is 39.3 Å². The molecular weight excluding hydrogens is 474 g/mol. The Morgan fingerprint density at radius 3 is 2.06 bits per heavy atom. The van der Waals surface area contributed by atoms with Gasteiger partial charge in [0.05, 0.1) is 22.9 Å². The van der Waals surface area contributed by atoms with Crippen LogP contribution in [0, 0.1) is 27.7 Å². The zero-order valence-electron chi connectivity index (χ0n) is 20.8. The number of amides is 1. The first kappa shape index (κ1) is 25.2. The fourth-order valence-corrected chi connectivity index (χ4v) is 4.90. The van der Waals surface area contributed by atoms with Crippen LogP contribution >= 0.6 is 0 Å². The van der Waals surface area contributed by atoms with Crippen LogP contribution in [-0.2, 0) is 21.2 Å². The number of hydrogen-bond donors (Lipinski definition) is 1. The van der Waals surface area contributed by atoms with Crippen molar-refractivity contribution in [2.45, 2.75) is 39.0 Å². The van der Waals surface area contributed by atoms with Crippen molar-refractivity contribution in [3.8, 4) is 16.8 Å². The van der Waals surface area contributed by atoms with Crippen LogP contribution in [-0.4, -0.2) is 30.9 Å². The van der Waals surface area contributed by atoms with Crippen molar-refractivity contribution in [2.24, 2.45) is 0 Å². The second-order valence-corrected chi connectivity index (χ2v) is 10.5. The summed E-state index contributed by atoms with van der Waals surface area (Å²) in [4.78, 5) is 12.0. The maximum absolute atomic E-state index is 12.3. The molecule has 0 aliphatic carbocycles. The predicted molar refractivity (Wildman–Crippen MR) is 140 cm³/mol. The summed E-state index contributed by atoms with van der Waals surface area (Å²) in [6, 6.07) is 22.5. The Morgan fingerprint density at radius 2 is 1.44 bits per heavy atom. The number of carbonyl (C=O) groups is 1. The second-order valence-electron chi connectivity index (χ2n) is 8.79. The zero-order valence-corrected chi connectivity index (χ0v) is 21.6. The van der Waals surface area contributed by atoms with Gasteiger partial charge in [0.15, 0.2) is 0 Å². The summed E-state index contributed by atoms with van der Waals surface area (Å²) in [6.07, 6.45) is -0.553. The van der Waals surface area contributed by atoms with Crippen LogP contribution in [0.3, 0.4) is 0 Å². The van der Waals surface area contributed by atoms with Gasteiger partial charge >= 0.3 is 6.09 Å². The van der Waals surface area contributed by atoms with Crippen molar-refractivity contribution in [3.63, 3.8) is 0 Å². The number of hydrogen-bond acceptors (Lipinski definition) is 5. The van der Waals surface area contributed by atoms with Gasteiger partial charge in [-0.1, -0.05) is 59.7 Å². The van der Waals surface area contributed by atoms with E-state index in [9.17, 15) is 13.2 Å². The number of aromatic nitrogens is 2. The number of rotatable bonds is 7. The molecule has 4 rings (SSSR count). The summed E-state index contributed by atoms with van der Waals surface area (Å²) in [5.41, 5.74) is 8.30. The summed E-state index contributed by atoms with van der Waals surface area (Å²) in [7, 11) is -3.97. The molecule has 7 nitrogen and oxygen atoms in total. The molecule has 4 aromatic rings. The quantitative estimate of drug-likeness (QED) is 0.363. The van der Waals surface area contributed by atoms with Crippen LogP contribution in [0.25, 0.3) is 16.8 Å². The number of benzene rings is 3. The van der Waals surface area contributed by atoms with E-state index in [-0.39, 0.29) is 11.5 Å². The zero-order chi connectivity index (χ0) is 25.9. The third-order valence-electron chi connectivity index (χ3n) is 5.99. The maximum atomic E-state index is 12.3. The monoisotopic (exact) mass is 503 g/mol. The lowest BCUT2D eigenvalue weighted by molar-refractivity contribution is 0.154. The molecule has 1 amide bonds. The molecular formula is C28H29N3O4S. The van der Waals surface area contributed by atoms with Crippen molar-refractivity contribution >= 4 is 16.1 Å². The Hall–Kier alpha value is -3.91. The lowest BCUT2D eigenvalue weighted by atomic mass is 10.0. The molecule has 0 atom stereocenters. The summed E-state index contributed by atoms with van der Waals surface area (Å²) >= 11 is 0. The molecule has 1 aromatic heterocycles. The van der Waals surface area contributed by atoms with Crippen molar-refractivity contribution in [2.75, 3.05) is 6.61 Å². The molecule has 3 aromatic carbocycles. The van der Waals surface area contributed by atoms with Gasteiger partial charge < -0.3 is 4.74 Å². The smallest absolute Gasteiger partial charge is 0.421 e. The van der Waals surface area contributed by atoms with Crippen LogP contribution in [0.15, 0.2) is 77.7 Å². The van der Waals surface area contributed by atoms with E-state index in [1.165, 1.54) is 17.7 Å². The molecule has 186 valence electrons. The summed E-state index contributed by atoms with van der Waals surface area (Å²) in [6.45, 7) is 8.03. The SMILES string of the molecule is Cc1ccc(-c2c(C)nn(-c3ccc(CCOC(=O)NS(=O)(=O)c4ccc(C)cc4)cc3)c2C)cc1. The molecule has 0 unspecified atom stereocenters. The number of sulfonamides is 1. The molecule has 36 heavy (non-hydrogen) atoms. The molecule has 0 saturated heterocycles. The molecule has 0 fully saturated rings. The number of aryl methyl sites for hydroxylation is 3. The first-order chi connectivity index (χ1) is 17.1. The number of nitrogens with one attached hydrogen (secondary N) is 1. The van der Waals surface area contributed by atoms with Gasteiger partial charge in [0.2, 0.25) is 0 Å². The Kier molecular flexibility index (Phi) is 7.26. The highest BCUT2D eigenvalue weighted by molar-refractivity contribution is 7.90. The van der Waals surface area contributed by atoms with Gasteiger partial charge in [0.1, 0.15) is 0 Å². The third-order valence-corrected chi connectivity index (χ3v) is 7.31. The third kappa shape index (κ3) is 5.66. The summed E-state index contributed by atoms with van der Waals surface area (Å²) in [5.74, 6) is 0. The normalized spacial score (nSPS) is 11.3. The Morgan fingerprint density at radius 1 is 0.861 bits per heavy atom. The maximum Gasteiger partial charge on any atom is 0.421 e. The highest BCUT2D eigenvalue weighted by atomic mass is 32.2. The minimum absolute atomic E-state index is 0.00956. The second kappa shape index (κ2) is 10.4. The summed E-state index contributed by atoms with van der Waals surface area (Å²) in [5, 5.41) is 4.74. The van der Waals surface area contributed by atoms with Crippen LogP contribution in [0.2, 0.25) is 0 Å². The standard InChI is InChI=1S/C28H29N3O4S/c1-19-5-11-24(12-6-19)27-21(3)29-31(22(27)4)25-13-9-23(10-14-25)17-18-35-28(32)30-36(33,34)26-15-7-20(2)8-16-26/h5-16H,17-18H2,1-4H3,(H,30,32). The van der Waals surface area contributed by atoms with Gasteiger partial charge in [-0.15, -0.1) is 0 Å². The largest absolute Gasteiger partial charge is 0.448 e. The average molecular weight is 504 g/mol. The van der Waals surface area contributed by atoms with Crippen LogP contribution in [0.1, 0.15) is 28.1 Å². The minimum atomic E-state index is -3.97. The van der Waals surface area contributed by atoms with Crippen LogP contribution in [0.5, 0.6) is 0 Å². The lowest BCUT2D eigenvalue weighted by Gasteiger charge is -2.09. The fourth-order valence-electron chi connectivity index (χ4n) is 4.01. The van der Waals surface area contributed by atoms with Gasteiger partial charge in [-0.25, -0.2) is 22.6 Å². The Balaban J connectivity index is 1.36. The highest BCUT2D eigenvalue weighted by Gasteiger charge is 2.18. The molecule has 1 N–H and O–H groups in total. The highest BCUT2D eigenvalue weighted by Crippen LogP contribution is 2.29. The Bertz CT molecular complexity index is 1470. The Labute approximate surface area is 211 Å². The van der Waals surface area contributed by atoms with Gasteiger partial charge in [0.25, 0.3) is 10.0 Å². The molecule has 0 saturated carbocycles. The van der Waals surface area contributed by atoms with Crippen molar-refractivity contribution in [3.05, 3.63) is 101 Å². The van der Waals surface area contributed by atoms with E-state index < -0.39 is 16.1 Å². The average Bonchev–Trinajstić information content (AvgIpc) is 3.14. The van der Waals surface area contributed by atoms with Gasteiger partial charge in [0, 0.05) is 17.7 Å². The molecule has 0 aliphatic heterocycles. The van der Waals surface area contributed by atoms with E-state index in [1.807, 2.05) is 47.5 Å². The fraction of sp³-hybridized carbons (Fsp3) is 0.214. The van der Waals surface area contributed by atoms with Gasteiger partial charge in [-0.05, 0) is 63.1 Å². The van der Waals surface area contributed by atoms with Gasteiger partial charge in [-0.2, -0.15) is 5.10 Å². The van der Waals surface area contributed by atoms with E-state index >= 15 is 0 Å². The van der Waals surface area contributed by atoms with Crippen molar-refractivity contribution < 1.29 is 17.9 Å². The van der Waals surface area contributed by atoms with Gasteiger partial charge in [-0.3, -0.25) is 0 Å². The predicted octanol–water partition coefficient (Wildman–Crippen LogP) is 5.43. The number of ether oxygens (including phenoxy) is 1. The summed E-state index contributed by atoms with van der Waals surface area (Å²) < 4.78 is 33.5. The topological polar surface area (TPSA) is 90.3 Å². The minimum Gasteiger partial charge on any atom is -0.448 e. The molecule has 0 aliphatic rings. The van der Waals surface area contributed by atoms with E-state index in [1.54, 1.807) is 12.1 Å². The molecule has 1 heterocycles. The number of carbonyl (C=O) groups excluding carboxylic acids is 1. The first-order valence-electron chi connectivity index (χ1n) is 11.6. The van der Waals surface area contributed by atoms with Crippen molar-refractivity contribution in [1.29, 1.82) is 0 Å². The lowest BCUT2D eigenvalue weighted by Crippen LogP contribution is -2.31. The van der Waals surface area contributed by atoms with Crippen molar-refractivity contribution in [1.82, 2.24) is 14.5 Å². The molecule has 0 spiro atoms. The van der Waals surface area contributed by atoms with Crippen LogP contribution < -0.4 is 4.72 Å². The molecule has 0 bridgehead atoms. The molecule has 8 heteroatoms. The first-order valence-corrected chi connectivity index (χ1v) is 13.1. The molecule has 0 radical (unpaired) electrons. The van der Waals surface area contributed by atoms with Crippen LogP contribution in [0.4, 0.5) is 4.79 Å². The van der Waals surface area contributed by atoms with E-state index in [2.05, 4.69) is 38.1 Å². The van der Waals surface area contributed by atoms with E-state index in [4.69, 9.17) is 9.84 Å².